The van der Waals surface area contributed by atoms with E-state index in [9.17, 15) is 18.4 Å². The zero-order valence-corrected chi connectivity index (χ0v) is 15.1. The van der Waals surface area contributed by atoms with Crippen molar-refractivity contribution in [3.63, 3.8) is 0 Å². The number of piperidine rings is 1. The highest BCUT2D eigenvalue weighted by Gasteiger charge is 2.41. The Morgan fingerprint density at radius 1 is 1.00 bits per heavy atom. The van der Waals surface area contributed by atoms with Gasteiger partial charge in [0.05, 0.1) is 18.8 Å². The standard InChI is InChI=1S/C20H19F2N3O3/c21-15-9-14(10-16(22)11-15)20(27)25-7-8-28-18-3-6-24(12-17(18)25)19(26)13-1-4-23-5-2-13/h1-2,4-5,9-11,17-18H,3,6-8,12H2/t17-,18+/m1/s1. The maximum absolute atomic E-state index is 13.6. The third kappa shape index (κ3) is 3.60. The molecule has 2 amide bonds. The predicted octanol–water partition coefficient (Wildman–Crippen LogP) is 2.12. The van der Waals surface area contributed by atoms with E-state index in [1.165, 1.54) is 0 Å². The summed E-state index contributed by atoms with van der Waals surface area (Å²) in [4.78, 5) is 32.9. The van der Waals surface area contributed by atoms with Gasteiger partial charge in [0.2, 0.25) is 0 Å². The molecule has 0 N–H and O–H groups in total. The van der Waals surface area contributed by atoms with E-state index < -0.39 is 17.5 Å². The Morgan fingerprint density at radius 3 is 2.43 bits per heavy atom. The van der Waals surface area contributed by atoms with Crippen LogP contribution < -0.4 is 0 Å². The molecule has 3 heterocycles. The number of nitrogens with zero attached hydrogens (tertiary/aromatic N) is 3. The van der Waals surface area contributed by atoms with Gasteiger partial charge in [0.15, 0.2) is 0 Å². The number of pyridine rings is 1. The van der Waals surface area contributed by atoms with Gasteiger partial charge >= 0.3 is 0 Å². The molecule has 2 atom stereocenters. The van der Waals surface area contributed by atoms with Crippen LogP contribution in [0.2, 0.25) is 0 Å². The van der Waals surface area contributed by atoms with Crippen LogP contribution in [0.1, 0.15) is 27.1 Å². The Hall–Kier alpha value is -2.87. The number of hydrogen-bond donors (Lipinski definition) is 0. The summed E-state index contributed by atoms with van der Waals surface area (Å²) >= 11 is 0. The molecular formula is C20H19F2N3O3. The first-order valence-electron chi connectivity index (χ1n) is 9.11. The molecule has 0 aliphatic carbocycles. The van der Waals surface area contributed by atoms with Gasteiger partial charge in [-0.15, -0.1) is 0 Å². The zero-order chi connectivity index (χ0) is 19.7. The Bertz CT molecular complexity index is 873. The molecular weight excluding hydrogens is 368 g/mol. The lowest BCUT2D eigenvalue weighted by molar-refractivity contribution is -0.0855. The van der Waals surface area contributed by atoms with Crippen molar-refractivity contribution in [3.05, 3.63) is 65.5 Å². The van der Waals surface area contributed by atoms with Gasteiger partial charge in [-0.3, -0.25) is 14.6 Å². The monoisotopic (exact) mass is 387 g/mol. The van der Waals surface area contributed by atoms with E-state index in [1.807, 2.05) is 0 Å². The number of carbonyl (C=O) groups is 2. The highest BCUT2D eigenvalue weighted by atomic mass is 19.1. The van der Waals surface area contributed by atoms with Gasteiger partial charge in [-0.2, -0.15) is 0 Å². The van der Waals surface area contributed by atoms with E-state index in [4.69, 9.17) is 4.74 Å². The molecule has 28 heavy (non-hydrogen) atoms. The van der Waals surface area contributed by atoms with Crippen LogP contribution in [0.4, 0.5) is 8.78 Å². The summed E-state index contributed by atoms with van der Waals surface area (Å²) in [6.07, 6.45) is 3.48. The van der Waals surface area contributed by atoms with Crippen LogP contribution in [0.25, 0.3) is 0 Å². The SMILES string of the molecule is O=C(c1ccncc1)N1CC[C@@H]2OCCN(C(=O)c3cc(F)cc(F)c3)[C@@H]2C1. The number of halogens is 2. The molecule has 0 spiro atoms. The number of rotatable bonds is 2. The summed E-state index contributed by atoms with van der Waals surface area (Å²) in [6, 6.07) is 5.70. The third-order valence-electron chi connectivity index (χ3n) is 5.17. The van der Waals surface area contributed by atoms with Gasteiger partial charge < -0.3 is 14.5 Å². The Kier molecular flexibility index (Phi) is 5.04. The predicted molar refractivity (Wildman–Crippen MR) is 95.7 cm³/mol. The molecule has 4 rings (SSSR count). The van der Waals surface area contributed by atoms with Crippen molar-refractivity contribution in [1.29, 1.82) is 0 Å². The highest BCUT2D eigenvalue weighted by molar-refractivity contribution is 5.95. The molecule has 1 aromatic heterocycles. The molecule has 146 valence electrons. The molecule has 1 aromatic carbocycles. The largest absolute Gasteiger partial charge is 0.374 e. The smallest absolute Gasteiger partial charge is 0.254 e. The summed E-state index contributed by atoms with van der Waals surface area (Å²) in [5.41, 5.74) is 0.478. The first kappa shape index (κ1) is 18.5. The molecule has 0 unspecified atom stereocenters. The van der Waals surface area contributed by atoms with E-state index in [2.05, 4.69) is 4.98 Å². The second kappa shape index (κ2) is 7.63. The van der Waals surface area contributed by atoms with Gasteiger partial charge in [0.1, 0.15) is 11.6 Å². The minimum absolute atomic E-state index is 0.0456. The number of aromatic nitrogens is 1. The minimum Gasteiger partial charge on any atom is -0.374 e. The van der Waals surface area contributed by atoms with Crippen LogP contribution in [-0.4, -0.2) is 65.0 Å². The van der Waals surface area contributed by atoms with E-state index >= 15 is 0 Å². The van der Waals surface area contributed by atoms with Crippen LogP contribution >= 0.6 is 0 Å². The van der Waals surface area contributed by atoms with Crippen molar-refractivity contribution in [2.24, 2.45) is 0 Å². The molecule has 0 saturated carbocycles. The fourth-order valence-corrected chi connectivity index (χ4v) is 3.83. The van der Waals surface area contributed by atoms with Crippen molar-refractivity contribution in [2.75, 3.05) is 26.2 Å². The summed E-state index contributed by atoms with van der Waals surface area (Å²) in [7, 11) is 0. The third-order valence-corrected chi connectivity index (χ3v) is 5.17. The normalized spacial score (nSPS) is 21.9. The molecule has 0 bridgehead atoms. The molecule has 8 heteroatoms. The average Bonchev–Trinajstić information content (AvgIpc) is 2.72. The Labute approximate surface area is 160 Å². The summed E-state index contributed by atoms with van der Waals surface area (Å²) in [5, 5.41) is 0. The van der Waals surface area contributed by atoms with E-state index in [-0.39, 0.29) is 23.6 Å². The quantitative estimate of drug-likeness (QED) is 0.792. The van der Waals surface area contributed by atoms with Gasteiger partial charge in [-0.05, 0) is 30.7 Å². The number of likely N-dealkylation sites (tertiary alicyclic amines) is 1. The van der Waals surface area contributed by atoms with E-state index in [0.29, 0.717) is 38.2 Å². The number of morpholine rings is 1. The van der Waals surface area contributed by atoms with Crippen LogP contribution in [0.15, 0.2) is 42.7 Å². The molecule has 2 fully saturated rings. The number of benzene rings is 1. The topological polar surface area (TPSA) is 62.7 Å². The lowest BCUT2D eigenvalue weighted by atomic mass is 9.97. The molecule has 2 aliphatic rings. The molecule has 0 radical (unpaired) electrons. The average molecular weight is 387 g/mol. The fourth-order valence-electron chi connectivity index (χ4n) is 3.83. The highest BCUT2D eigenvalue weighted by Crippen LogP contribution is 2.26. The number of hydrogen-bond acceptors (Lipinski definition) is 4. The summed E-state index contributed by atoms with van der Waals surface area (Å²) < 4.78 is 32.9. The number of ether oxygens (including phenoxy) is 1. The minimum atomic E-state index is -0.800. The Morgan fingerprint density at radius 2 is 1.71 bits per heavy atom. The molecule has 2 saturated heterocycles. The van der Waals surface area contributed by atoms with Gasteiger partial charge in [-0.1, -0.05) is 0 Å². The number of amides is 2. The van der Waals surface area contributed by atoms with E-state index in [1.54, 1.807) is 34.3 Å². The van der Waals surface area contributed by atoms with Gasteiger partial charge in [0, 0.05) is 49.2 Å². The fraction of sp³-hybridized carbons (Fsp3) is 0.350. The van der Waals surface area contributed by atoms with Crippen molar-refractivity contribution >= 4 is 11.8 Å². The zero-order valence-electron chi connectivity index (χ0n) is 15.1. The lowest BCUT2D eigenvalue weighted by Gasteiger charge is -2.47. The molecule has 2 aliphatic heterocycles. The summed E-state index contributed by atoms with van der Waals surface area (Å²) in [6.45, 7) is 1.47. The maximum atomic E-state index is 13.6. The van der Waals surface area contributed by atoms with Crippen molar-refractivity contribution in [2.45, 2.75) is 18.6 Å². The molecule has 2 aromatic rings. The van der Waals surface area contributed by atoms with Crippen LogP contribution in [0, 0.1) is 11.6 Å². The summed E-state index contributed by atoms with van der Waals surface area (Å²) in [5.74, 6) is -2.21. The second-order valence-corrected chi connectivity index (χ2v) is 6.91. The van der Waals surface area contributed by atoms with Crippen LogP contribution in [0.5, 0.6) is 0 Å². The van der Waals surface area contributed by atoms with Crippen molar-refractivity contribution in [1.82, 2.24) is 14.8 Å². The van der Waals surface area contributed by atoms with Gasteiger partial charge in [-0.25, -0.2) is 8.78 Å². The Balaban J connectivity index is 1.56. The number of fused-ring (bicyclic) bond motifs is 1. The number of carbonyl (C=O) groups excluding carboxylic acids is 2. The maximum Gasteiger partial charge on any atom is 0.254 e. The van der Waals surface area contributed by atoms with Crippen molar-refractivity contribution in [3.8, 4) is 0 Å². The van der Waals surface area contributed by atoms with Gasteiger partial charge in [0.25, 0.3) is 11.8 Å². The van der Waals surface area contributed by atoms with Crippen molar-refractivity contribution < 1.29 is 23.1 Å². The first-order valence-corrected chi connectivity index (χ1v) is 9.11. The first-order chi connectivity index (χ1) is 13.5. The van der Waals surface area contributed by atoms with E-state index in [0.717, 1.165) is 18.2 Å². The van der Waals surface area contributed by atoms with Crippen LogP contribution in [-0.2, 0) is 4.74 Å². The lowest BCUT2D eigenvalue weighted by Crippen LogP contribution is -2.62. The van der Waals surface area contributed by atoms with Crippen LogP contribution in [0.3, 0.4) is 0 Å². The molecule has 6 nitrogen and oxygen atoms in total. The second-order valence-electron chi connectivity index (χ2n) is 6.91.